The minimum atomic E-state index is -0.664. The summed E-state index contributed by atoms with van der Waals surface area (Å²) in [5.74, 6) is 0.676. The summed E-state index contributed by atoms with van der Waals surface area (Å²) in [4.78, 5) is 31.7. The van der Waals surface area contributed by atoms with Crippen LogP contribution in [0.4, 0.5) is 16.3 Å². The van der Waals surface area contributed by atoms with Gasteiger partial charge in [-0.15, -0.1) is 0 Å². The maximum absolute atomic E-state index is 13.1. The van der Waals surface area contributed by atoms with E-state index in [4.69, 9.17) is 31.5 Å². The quantitative estimate of drug-likeness (QED) is 0.349. The fourth-order valence-electron chi connectivity index (χ4n) is 4.03. The number of nitrogens with one attached hydrogen (secondary N) is 1. The number of hydrogen-bond acceptors (Lipinski definition) is 8. The summed E-state index contributed by atoms with van der Waals surface area (Å²) in [7, 11) is 1.56. The summed E-state index contributed by atoms with van der Waals surface area (Å²) in [5.41, 5.74) is 7.85. The Balaban J connectivity index is 1.45. The second kappa shape index (κ2) is 10.4. The summed E-state index contributed by atoms with van der Waals surface area (Å²) in [6.07, 6.45) is 1.40. The molecule has 2 amide bonds. The highest BCUT2D eigenvalue weighted by Crippen LogP contribution is 2.34. The Kier molecular flexibility index (Phi) is 7.47. The molecule has 4 rings (SSSR count). The van der Waals surface area contributed by atoms with Gasteiger partial charge >= 0.3 is 6.09 Å². The Bertz CT molecular complexity index is 1340. The van der Waals surface area contributed by atoms with Crippen LogP contribution in [0.2, 0.25) is 5.15 Å². The number of aromatic nitrogens is 3. The van der Waals surface area contributed by atoms with E-state index in [0.29, 0.717) is 42.4 Å². The van der Waals surface area contributed by atoms with Crippen LogP contribution in [0.25, 0.3) is 5.65 Å². The first-order chi connectivity index (χ1) is 17.5. The van der Waals surface area contributed by atoms with Gasteiger partial charge in [0, 0.05) is 18.2 Å². The van der Waals surface area contributed by atoms with Crippen molar-refractivity contribution >= 4 is 40.8 Å². The molecule has 0 saturated heterocycles. The van der Waals surface area contributed by atoms with Crippen molar-refractivity contribution in [2.45, 2.75) is 52.4 Å². The first kappa shape index (κ1) is 26.5. The third kappa shape index (κ3) is 5.72. The zero-order valence-corrected chi connectivity index (χ0v) is 22.3. The van der Waals surface area contributed by atoms with Crippen molar-refractivity contribution in [3.8, 4) is 5.75 Å². The lowest BCUT2D eigenvalue weighted by atomic mass is 10.2. The molecule has 12 heteroatoms. The molecule has 11 nitrogen and oxygen atoms in total. The van der Waals surface area contributed by atoms with Gasteiger partial charge in [0.15, 0.2) is 5.65 Å². The molecule has 3 N–H and O–H groups in total. The number of rotatable bonds is 7. The summed E-state index contributed by atoms with van der Waals surface area (Å²) in [5, 5.41) is 7.46. The van der Waals surface area contributed by atoms with E-state index >= 15 is 0 Å². The zero-order valence-electron chi connectivity index (χ0n) is 21.5. The number of ether oxygens (including phenoxy) is 3. The summed E-state index contributed by atoms with van der Waals surface area (Å²) < 4.78 is 17.9. The average molecular weight is 531 g/mol. The normalized spacial score (nSPS) is 13.9. The van der Waals surface area contributed by atoms with Gasteiger partial charge in [-0.3, -0.25) is 9.69 Å². The number of nitrogen functional groups attached to an aromatic ring is 1. The number of halogens is 1. The molecule has 3 heterocycles. The van der Waals surface area contributed by atoms with Crippen LogP contribution in [0.15, 0.2) is 24.4 Å². The maximum atomic E-state index is 13.1. The molecule has 1 atom stereocenters. The summed E-state index contributed by atoms with van der Waals surface area (Å²) in [6, 6.07) is 5.13. The number of carbonyl (C=O) groups is 2. The first-order valence-corrected chi connectivity index (χ1v) is 12.2. The number of nitrogens with zero attached hydrogens (tertiary/aromatic N) is 4. The van der Waals surface area contributed by atoms with Gasteiger partial charge < -0.3 is 25.3 Å². The number of amides is 2. The molecule has 0 saturated carbocycles. The van der Waals surface area contributed by atoms with E-state index in [1.165, 1.54) is 15.6 Å². The lowest BCUT2D eigenvalue weighted by molar-refractivity contribution is 0.0582. The third-order valence-corrected chi connectivity index (χ3v) is 5.99. The molecule has 3 aromatic rings. The lowest BCUT2D eigenvalue weighted by Crippen LogP contribution is -2.36. The van der Waals surface area contributed by atoms with E-state index < -0.39 is 11.7 Å². The van der Waals surface area contributed by atoms with Gasteiger partial charge in [-0.1, -0.05) is 17.7 Å². The molecular weight excluding hydrogens is 500 g/mol. The van der Waals surface area contributed by atoms with Gasteiger partial charge in [0.1, 0.15) is 27.9 Å². The van der Waals surface area contributed by atoms with Gasteiger partial charge in [0.05, 0.1) is 32.2 Å². The minimum Gasteiger partial charge on any atom is -0.495 e. The molecule has 0 aliphatic carbocycles. The van der Waals surface area contributed by atoms with Crippen LogP contribution in [-0.2, 0) is 22.5 Å². The third-order valence-electron chi connectivity index (χ3n) is 5.68. The Labute approximate surface area is 219 Å². The van der Waals surface area contributed by atoms with Crippen LogP contribution in [0, 0.1) is 0 Å². The average Bonchev–Trinajstić information content (AvgIpc) is 3.43. The molecule has 0 bridgehead atoms. The fraction of sp³-hybridized carbons (Fsp3) is 0.440. The molecule has 1 unspecified atom stereocenters. The Morgan fingerprint density at radius 3 is 2.73 bits per heavy atom. The topological polar surface area (TPSA) is 133 Å². The summed E-state index contributed by atoms with van der Waals surface area (Å²) in [6.45, 7) is 8.19. The van der Waals surface area contributed by atoms with Crippen molar-refractivity contribution in [2.75, 3.05) is 30.9 Å². The smallest absolute Gasteiger partial charge is 0.416 e. The van der Waals surface area contributed by atoms with E-state index in [-0.39, 0.29) is 34.9 Å². The van der Waals surface area contributed by atoms with Crippen LogP contribution < -0.4 is 20.7 Å². The van der Waals surface area contributed by atoms with Crippen LogP contribution in [0.5, 0.6) is 5.75 Å². The largest absolute Gasteiger partial charge is 0.495 e. The number of anilines is 2. The van der Waals surface area contributed by atoms with Gasteiger partial charge in [0.2, 0.25) is 0 Å². The number of fused-ring (bicyclic) bond motifs is 3. The molecule has 0 radical (unpaired) electrons. The minimum absolute atomic E-state index is 0.221. The molecule has 1 aliphatic heterocycles. The molecule has 37 heavy (non-hydrogen) atoms. The van der Waals surface area contributed by atoms with Crippen LogP contribution in [-0.4, -0.2) is 58.5 Å². The predicted octanol–water partition coefficient (Wildman–Crippen LogP) is 3.61. The number of carbonyl (C=O) groups excluding carboxylic acids is 2. The number of benzene rings is 1. The highest BCUT2D eigenvalue weighted by Gasteiger charge is 2.34. The molecular formula is C25H31ClN6O5. The number of methoxy groups -OCH3 is 1. The van der Waals surface area contributed by atoms with Crippen molar-refractivity contribution < 1.29 is 23.8 Å². The van der Waals surface area contributed by atoms with Crippen LogP contribution >= 0.6 is 11.6 Å². The van der Waals surface area contributed by atoms with E-state index in [1.54, 1.807) is 40.0 Å². The number of nitrogens with two attached hydrogens (primary N) is 1. The maximum Gasteiger partial charge on any atom is 0.416 e. The van der Waals surface area contributed by atoms with Gasteiger partial charge in [-0.2, -0.15) is 9.61 Å². The molecule has 1 aliphatic rings. The second-order valence-corrected chi connectivity index (χ2v) is 10.2. The Morgan fingerprint density at radius 2 is 2.05 bits per heavy atom. The van der Waals surface area contributed by atoms with E-state index in [9.17, 15) is 9.59 Å². The molecule has 2 aromatic heterocycles. The van der Waals surface area contributed by atoms with Crippen molar-refractivity contribution in [3.05, 3.63) is 46.2 Å². The summed E-state index contributed by atoms with van der Waals surface area (Å²) >= 11 is 6.45. The highest BCUT2D eigenvalue weighted by molar-refractivity contribution is 6.31. The lowest BCUT2D eigenvalue weighted by Gasteiger charge is -2.24. The van der Waals surface area contributed by atoms with Crippen molar-refractivity contribution in [3.63, 3.8) is 0 Å². The molecule has 1 aromatic carbocycles. The monoisotopic (exact) mass is 530 g/mol. The first-order valence-electron chi connectivity index (χ1n) is 11.9. The van der Waals surface area contributed by atoms with E-state index in [2.05, 4.69) is 15.4 Å². The second-order valence-electron chi connectivity index (χ2n) is 9.85. The molecule has 0 fully saturated rings. The fourth-order valence-corrected chi connectivity index (χ4v) is 4.29. The predicted molar refractivity (Wildman–Crippen MR) is 139 cm³/mol. The SMILES string of the molecule is COc1ccc(COCC(C)NC(=O)c2cnn3c4c(c(Cl)nc23)CCN4C(=O)OC(C)(C)C)cc1N. The highest BCUT2D eigenvalue weighted by atomic mass is 35.5. The molecule has 0 spiro atoms. The van der Waals surface area contributed by atoms with Gasteiger partial charge in [-0.25, -0.2) is 9.78 Å². The Hall–Kier alpha value is -3.57. The van der Waals surface area contributed by atoms with Gasteiger partial charge in [-0.05, 0) is 51.8 Å². The number of hydrogen-bond donors (Lipinski definition) is 2. The van der Waals surface area contributed by atoms with Crippen LogP contribution in [0.3, 0.4) is 0 Å². The van der Waals surface area contributed by atoms with Gasteiger partial charge in [0.25, 0.3) is 5.91 Å². The standard InChI is InChI=1S/C25H31ClN6O5/c1-14(12-36-13-15-6-7-19(35-5)18(27)10-15)29-22(33)17-11-28-32-21(17)30-20(26)16-8-9-31(23(16)32)24(34)37-25(2,3)4/h6-7,10-11,14H,8-9,12-13,27H2,1-5H3,(H,29,33). The Morgan fingerprint density at radius 1 is 1.30 bits per heavy atom. The zero-order chi connectivity index (χ0) is 26.9. The van der Waals surface area contributed by atoms with Crippen molar-refractivity contribution in [1.82, 2.24) is 19.9 Å². The van der Waals surface area contributed by atoms with Crippen molar-refractivity contribution in [2.24, 2.45) is 0 Å². The van der Waals surface area contributed by atoms with E-state index in [0.717, 1.165) is 5.56 Å². The molecule has 198 valence electrons. The van der Waals surface area contributed by atoms with Crippen LogP contribution in [0.1, 0.15) is 49.2 Å². The van der Waals surface area contributed by atoms with Crippen molar-refractivity contribution in [1.29, 1.82) is 0 Å². The van der Waals surface area contributed by atoms with E-state index in [1.807, 2.05) is 13.0 Å².